The van der Waals surface area contributed by atoms with Crippen molar-refractivity contribution in [1.29, 1.82) is 0 Å². The summed E-state index contributed by atoms with van der Waals surface area (Å²) in [7, 11) is 0. The van der Waals surface area contributed by atoms with Crippen LogP contribution in [-0.2, 0) is 24.5 Å². The Kier molecular flexibility index (Phi) is 8.83. The second kappa shape index (κ2) is 10.3. The summed E-state index contributed by atoms with van der Waals surface area (Å²) in [5, 5.41) is 0. The maximum Gasteiger partial charge on any atom is 0.328 e. The van der Waals surface area contributed by atoms with Gasteiger partial charge in [0.05, 0.1) is 13.2 Å². The predicted octanol–water partition coefficient (Wildman–Crippen LogP) is 4.76. The molecule has 0 saturated heterocycles. The number of ether oxygens (including phenoxy) is 2. The van der Waals surface area contributed by atoms with Gasteiger partial charge in [-0.1, -0.05) is 71.9 Å². The normalized spacial score (nSPS) is 11.9. The highest BCUT2D eigenvalue weighted by atomic mass is 16.6. The standard InChI is InChI=1S/C22H34O4/c1-16(2)12-13-22(19-10-8-7-9-11-19,20(23)25-14-17(3)4)21(24)26-15-18(5)6/h7-11,16-18H,12-15H2,1-6H3. The van der Waals surface area contributed by atoms with Crippen molar-refractivity contribution in [2.75, 3.05) is 13.2 Å². The highest BCUT2D eigenvalue weighted by molar-refractivity contribution is 6.06. The minimum Gasteiger partial charge on any atom is -0.464 e. The fraction of sp³-hybridized carbons (Fsp3) is 0.636. The van der Waals surface area contributed by atoms with Crippen molar-refractivity contribution < 1.29 is 19.1 Å². The van der Waals surface area contributed by atoms with Crippen LogP contribution in [0.2, 0.25) is 0 Å². The van der Waals surface area contributed by atoms with E-state index < -0.39 is 17.4 Å². The van der Waals surface area contributed by atoms with Crippen LogP contribution in [-0.4, -0.2) is 25.2 Å². The molecular formula is C22H34O4. The molecule has 0 heterocycles. The van der Waals surface area contributed by atoms with Gasteiger partial charge in [0.25, 0.3) is 0 Å². The van der Waals surface area contributed by atoms with Crippen LogP contribution < -0.4 is 0 Å². The third-order valence-electron chi connectivity index (χ3n) is 4.16. The van der Waals surface area contributed by atoms with Crippen LogP contribution in [0.25, 0.3) is 0 Å². The van der Waals surface area contributed by atoms with E-state index in [0.29, 0.717) is 17.9 Å². The van der Waals surface area contributed by atoms with Crippen molar-refractivity contribution in [3.05, 3.63) is 35.9 Å². The fourth-order valence-electron chi connectivity index (χ4n) is 2.63. The Morgan fingerprint density at radius 1 is 0.808 bits per heavy atom. The minimum absolute atomic E-state index is 0.198. The van der Waals surface area contributed by atoms with E-state index in [4.69, 9.17) is 9.47 Å². The van der Waals surface area contributed by atoms with Crippen molar-refractivity contribution in [1.82, 2.24) is 0 Å². The summed E-state index contributed by atoms with van der Waals surface area (Å²) in [6, 6.07) is 9.17. The van der Waals surface area contributed by atoms with E-state index >= 15 is 0 Å². The highest BCUT2D eigenvalue weighted by Crippen LogP contribution is 2.34. The minimum atomic E-state index is -1.41. The second-order valence-electron chi connectivity index (χ2n) is 8.19. The van der Waals surface area contributed by atoms with Gasteiger partial charge >= 0.3 is 11.9 Å². The van der Waals surface area contributed by atoms with Crippen molar-refractivity contribution in [2.24, 2.45) is 17.8 Å². The third kappa shape index (κ3) is 6.15. The number of hydrogen-bond donors (Lipinski definition) is 0. The maximum atomic E-state index is 13.1. The Hall–Kier alpha value is -1.84. The van der Waals surface area contributed by atoms with Gasteiger partial charge in [-0.3, -0.25) is 9.59 Å². The molecule has 146 valence electrons. The van der Waals surface area contributed by atoms with Crippen molar-refractivity contribution in [3.8, 4) is 0 Å². The summed E-state index contributed by atoms with van der Waals surface area (Å²) < 4.78 is 11.1. The summed E-state index contributed by atoms with van der Waals surface area (Å²) in [5.41, 5.74) is -0.766. The third-order valence-corrected chi connectivity index (χ3v) is 4.16. The summed E-state index contributed by atoms with van der Waals surface area (Å²) in [5.74, 6) is -0.263. The molecule has 1 rings (SSSR count). The van der Waals surface area contributed by atoms with Gasteiger partial charge in [-0.15, -0.1) is 0 Å². The number of rotatable bonds is 10. The average Bonchev–Trinajstić information content (AvgIpc) is 2.59. The molecule has 4 nitrogen and oxygen atoms in total. The summed E-state index contributed by atoms with van der Waals surface area (Å²) in [6.45, 7) is 12.6. The molecule has 0 aliphatic carbocycles. The smallest absolute Gasteiger partial charge is 0.328 e. The molecule has 0 saturated carbocycles. The zero-order valence-electron chi connectivity index (χ0n) is 17.1. The van der Waals surface area contributed by atoms with E-state index in [1.165, 1.54) is 0 Å². The highest BCUT2D eigenvalue weighted by Gasteiger charge is 2.50. The Labute approximate surface area is 158 Å². The molecule has 0 bridgehead atoms. The van der Waals surface area contributed by atoms with Gasteiger partial charge in [-0.05, 0) is 36.2 Å². The SMILES string of the molecule is CC(C)CCC(C(=O)OCC(C)C)(C(=O)OCC(C)C)c1ccccc1. The number of carbonyl (C=O) groups excluding carboxylic acids is 2. The zero-order valence-corrected chi connectivity index (χ0v) is 17.1. The molecule has 0 atom stereocenters. The first-order valence-electron chi connectivity index (χ1n) is 9.60. The number of hydrogen-bond acceptors (Lipinski definition) is 4. The van der Waals surface area contributed by atoms with E-state index in [1.807, 2.05) is 58.0 Å². The molecule has 0 fully saturated rings. The topological polar surface area (TPSA) is 52.6 Å². The first-order chi connectivity index (χ1) is 12.2. The average molecular weight is 363 g/mol. The molecule has 26 heavy (non-hydrogen) atoms. The van der Waals surface area contributed by atoms with E-state index in [-0.39, 0.29) is 25.0 Å². The largest absolute Gasteiger partial charge is 0.464 e. The molecule has 0 aliphatic rings. The lowest BCUT2D eigenvalue weighted by Gasteiger charge is -2.31. The maximum absolute atomic E-state index is 13.1. The van der Waals surface area contributed by atoms with Crippen LogP contribution in [0.15, 0.2) is 30.3 Å². The number of esters is 2. The Morgan fingerprint density at radius 3 is 1.65 bits per heavy atom. The molecule has 0 radical (unpaired) electrons. The lowest BCUT2D eigenvalue weighted by molar-refractivity contribution is -0.167. The van der Waals surface area contributed by atoms with E-state index in [2.05, 4.69) is 13.8 Å². The number of benzene rings is 1. The van der Waals surface area contributed by atoms with Gasteiger partial charge in [0.2, 0.25) is 0 Å². The summed E-state index contributed by atoms with van der Waals surface area (Å²) in [6.07, 6.45) is 1.10. The lowest BCUT2D eigenvalue weighted by Crippen LogP contribution is -2.47. The van der Waals surface area contributed by atoms with Crippen molar-refractivity contribution >= 4 is 11.9 Å². The quantitative estimate of drug-likeness (QED) is 0.445. The fourth-order valence-corrected chi connectivity index (χ4v) is 2.63. The van der Waals surface area contributed by atoms with Crippen LogP contribution in [0.1, 0.15) is 59.9 Å². The molecule has 1 aromatic carbocycles. The summed E-state index contributed by atoms with van der Waals surface area (Å²) in [4.78, 5) is 26.3. The van der Waals surface area contributed by atoms with Crippen LogP contribution in [0, 0.1) is 17.8 Å². The second-order valence-corrected chi connectivity index (χ2v) is 8.19. The van der Waals surface area contributed by atoms with Gasteiger partial charge in [0.15, 0.2) is 5.41 Å². The molecule has 1 aromatic rings. The van der Waals surface area contributed by atoms with Crippen LogP contribution >= 0.6 is 0 Å². The molecular weight excluding hydrogens is 328 g/mol. The van der Waals surface area contributed by atoms with Gasteiger partial charge in [0.1, 0.15) is 0 Å². The Balaban J connectivity index is 3.31. The Bertz CT molecular complexity index is 537. The lowest BCUT2D eigenvalue weighted by atomic mass is 9.75. The van der Waals surface area contributed by atoms with E-state index in [9.17, 15) is 9.59 Å². The molecule has 0 N–H and O–H groups in total. The van der Waals surface area contributed by atoms with Crippen LogP contribution in [0.5, 0.6) is 0 Å². The zero-order chi connectivity index (χ0) is 19.7. The molecule has 4 heteroatoms. The van der Waals surface area contributed by atoms with Crippen molar-refractivity contribution in [3.63, 3.8) is 0 Å². The van der Waals surface area contributed by atoms with Crippen LogP contribution in [0.4, 0.5) is 0 Å². The molecule has 0 amide bonds. The molecule has 0 aliphatic heterocycles. The monoisotopic (exact) mass is 362 g/mol. The van der Waals surface area contributed by atoms with E-state index in [1.54, 1.807) is 0 Å². The van der Waals surface area contributed by atoms with Gasteiger partial charge < -0.3 is 9.47 Å². The Morgan fingerprint density at radius 2 is 1.27 bits per heavy atom. The molecule has 0 spiro atoms. The molecule has 0 aromatic heterocycles. The molecule has 0 unspecified atom stereocenters. The predicted molar refractivity (Wildman–Crippen MR) is 104 cm³/mol. The first kappa shape index (κ1) is 22.2. The van der Waals surface area contributed by atoms with E-state index in [0.717, 1.165) is 6.42 Å². The van der Waals surface area contributed by atoms with Crippen LogP contribution in [0.3, 0.4) is 0 Å². The van der Waals surface area contributed by atoms with Gasteiger partial charge in [0, 0.05) is 0 Å². The summed E-state index contributed by atoms with van der Waals surface area (Å²) >= 11 is 0. The first-order valence-corrected chi connectivity index (χ1v) is 9.60. The van der Waals surface area contributed by atoms with Crippen molar-refractivity contribution in [2.45, 2.75) is 59.8 Å². The van der Waals surface area contributed by atoms with Gasteiger partial charge in [-0.2, -0.15) is 0 Å². The number of carbonyl (C=O) groups is 2. The van der Waals surface area contributed by atoms with Gasteiger partial charge in [-0.25, -0.2) is 0 Å².